The maximum atomic E-state index is 5.51. The first kappa shape index (κ1) is 13.9. The van der Waals surface area contributed by atoms with Crippen molar-refractivity contribution in [1.82, 2.24) is 0 Å². The molecule has 0 saturated heterocycles. The van der Waals surface area contributed by atoms with Gasteiger partial charge in [0, 0.05) is 6.61 Å². The van der Waals surface area contributed by atoms with Crippen LogP contribution in [0.3, 0.4) is 0 Å². The Morgan fingerprint density at radius 1 is 0.929 bits per heavy atom. The highest BCUT2D eigenvalue weighted by molar-refractivity contribution is 4.57. The Morgan fingerprint density at radius 3 is 2.21 bits per heavy atom. The van der Waals surface area contributed by atoms with Crippen LogP contribution < -0.4 is 5.73 Å². The fourth-order valence-electron chi connectivity index (χ4n) is 1.03. The maximum absolute atomic E-state index is 5.51. The molecule has 0 aromatic rings. The van der Waals surface area contributed by atoms with E-state index >= 15 is 0 Å². The monoisotopic (exact) mass is 203 g/mol. The first-order chi connectivity index (χ1) is 6.56. The van der Waals surface area contributed by atoms with Crippen LogP contribution in [0.5, 0.6) is 0 Å². The van der Waals surface area contributed by atoms with Crippen molar-refractivity contribution >= 4 is 0 Å². The lowest BCUT2D eigenvalue weighted by molar-refractivity contribution is -0.0351. The fraction of sp³-hybridized carbons (Fsp3) is 1.00. The highest BCUT2D eigenvalue weighted by atomic mass is 16.5. The van der Waals surface area contributed by atoms with Crippen molar-refractivity contribution in [3.05, 3.63) is 0 Å². The molecule has 86 valence electrons. The standard InChI is InChI=1S/C11H25NO2/c1-11(2,3)14-10-9-13-8-6-4-5-7-12/h4-10,12H2,1-3H3. The highest BCUT2D eigenvalue weighted by Crippen LogP contribution is 2.05. The third-order valence-corrected chi connectivity index (χ3v) is 1.76. The first-order valence-corrected chi connectivity index (χ1v) is 5.48. The molecule has 0 aromatic carbocycles. The summed E-state index contributed by atoms with van der Waals surface area (Å²) < 4.78 is 10.9. The van der Waals surface area contributed by atoms with Gasteiger partial charge in [-0.25, -0.2) is 0 Å². The Balaban J connectivity index is 2.99. The van der Waals surface area contributed by atoms with Crippen LogP contribution in [0.15, 0.2) is 0 Å². The van der Waals surface area contributed by atoms with E-state index in [9.17, 15) is 0 Å². The van der Waals surface area contributed by atoms with E-state index < -0.39 is 0 Å². The van der Waals surface area contributed by atoms with E-state index in [-0.39, 0.29) is 5.60 Å². The third-order valence-electron chi connectivity index (χ3n) is 1.76. The molecule has 0 rings (SSSR count). The van der Waals surface area contributed by atoms with Crippen LogP contribution in [0.2, 0.25) is 0 Å². The zero-order valence-electron chi connectivity index (χ0n) is 9.84. The number of ether oxygens (including phenoxy) is 2. The lowest BCUT2D eigenvalue weighted by atomic mass is 10.2. The molecule has 0 spiro atoms. The topological polar surface area (TPSA) is 44.5 Å². The molecule has 0 radical (unpaired) electrons. The number of hydrogen-bond donors (Lipinski definition) is 1. The molecule has 0 aliphatic rings. The minimum atomic E-state index is -0.0527. The minimum Gasteiger partial charge on any atom is -0.379 e. The Hall–Kier alpha value is -0.120. The summed E-state index contributed by atoms with van der Waals surface area (Å²) in [6.45, 7) is 9.14. The Bertz CT molecular complexity index is 121. The first-order valence-electron chi connectivity index (χ1n) is 5.48. The second kappa shape index (κ2) is 8.21. The number of unbranched alkanes of at least 4 members (excludes halogenated alkanes) is 2. The molecule has 3 nitrogen and oxygen atoms in total. The lowest BCUT2D eigenvalue weighted by Gasteiger charge is -2.19. The molecular weight excluding hydrogens is 178 g/mol. The molecule has 0 heterocycles. The van der Waals surface area contributed by atoms with Crippen molar-refractivity contribution in [2.45, 2.75) is 45.6 Å². The van der Waals surface area contributed by atoms with Crippen molar-refractivity contribution < 1.29 is 9.47 Å². The summed E-state index contributed by atoms with van der Waals surface area (Å²) in [5.74, 6) is 0. The molecule has 3 heteroatoms. The summed E-state index contributed by atoms with van der Waals surface area (Å²) >= 11 is 0. The average Bonchev–Trinajstić information content (AvgIpc) is 2.08. The SMILES string of the molecule is CC(C)(C)OCCOCCCCCN. The van der Waals surface area contributed by atoms with Crippen LogP contribution in [-0.4, -0.2) is 32.0 Å². The average molecular weight is 203 g/mol. The van der Waals surface area contributed by atoms with E-state index in [1.807, 2.05) is 20.8 Å². The van der Waals surface area contributed by atoms with Gasteiger partial charge in [-0.05, 0) is 46.6 Å². The number of hydrogen-bond acceptors (Lipinski definition) is 3. The van der Waals surface area contributed by atoms with Gasteiger partial charge in [0.2, 0.25) is 0 Å². The summed E-state index contributed by atoms with van der Waals surface area (Å²) in [6.07, 6.45) is 3.37. The molecule has 0 bridgehead atoms. The smallest absolute Gasteiger partial charge is 0.0707 e. The third kappa shape index (κ3) is 11.9. The zero-order chi connectivity index (χ0) is 10.9. The second-order valence-electron chi connectivity index (χ2n) is 4.42. The molecule has 0 saturated carbocycles. The molecule has 2 N–H and O–H groups in total. The van der Waals surface area contributed by atoms with Crippen LogP contribution in [0, 0.1) is 0 Å². The van der Waals surface area contributed by atoms with Gasteiger partial charge >= 0.3 is 0 Å². The van der Waals surface area contributed by atoms with Crippen molar-refractivity contribution in [3.8, 4) is 0 Å². The van der Waals surface area contributed by atoms with Gasteiger partial charge in [0.25, 0.3) is 0 Å². The van der Waals surface area contributed by atoms with E-state index in [0.717, 1.165) is 32.4 Å². The molecule has 0 aliphatic heterocycles. The molecule has 0 aliphatic carbocycles. The van der Waals surface area contributed by atoms with Gasteiger partial charge in [0.1, 0.15) is 0 Å². The van der Waals surface area contributed by atoms with Gasteiger partial charge in [-0.1, -0.05) is 0 Å². The molecule has 0 unspecified atom stereocenters. The summed E-state index contributed by atoms with van der Waals surface area (Å²) in [5.41, 5.74) is 5.33. The predicted molar refractivity (Wildman–Crippen MR) is 59.4 cm³/mol. The summed E-state index contributed by atoms with van der Waals surface area (Å²) in [6, 6.07) is 0. The fourth-order valence-corrected chi connectivity index (χ4v) is 1.03. The Labute approximate surface area is 88.0 Å². The van der Waals surface area contributed by atoms with Crippen LogP contribution in [-0.2, 0) is 9.47 Å². The van der Waals surface area contributed by atoms with Crippen LogP contribution in [0.25, 0.3) is 0 Å². The second-order valence-corrected chi connectivity index (χ2v) is 4.42. The maximum Gasteiger partial charge on any atom is 0.0707 e. The van der Waals surface area contributed by atoms with E-state index in [1.165, 1.54) is 0 Å². The summed E-state index contributed by atoms with van der Waals surface area (Å²) in [7, 11) is 0. The molecular formula is C11H25NO2. The van der Waals surface area contributed by atoms with E-state index in [4.69, 9.17) is 15.2 Å². The van der Waals surface area contributed by atoms with Gasteiger partial charge in [0.05, 0.1) is 18.8 Å². The number of nitrogens with two attached hydrogens (primary N) is 1. The molecule has 0 aromatic heterocycles. The largest absolute Gasteiger partial charge is 0.379 e. The predicted octanol–water partition coefficient (Wildman–Crippen LogP) is 1.95. The van der Waals surface area contributed by atoms with Crippen molar-refractivity contribution in [3.63, 3.8) is 0 Å². The van der Waals surface area contributed by atoms with E-state index in [1.54, 1.807) is 0 Å². The highest BCUT2D eigenvalue weighted by Gasteiger charge is 2.08. The zero-order valence-corrected chi connectivity index (χ0v) is 9.84. The van der Waals surface area contributed by atoms with Crippen molar-refractivity contribution in [2.24, 2.45) is 5.73 Å². The Morgan fingerprint density at radius 2 is 1.64 bits per heavy atom. The minimum absolute atomic E-state index is 0.0527. The van der Waals surface area contributed by atoms with Crippen molar-refractivity contribution in [1.29, 1.82) is 0 Å². The van der Waals surface area contributed by atoms with Gasteiger partial charge in [-0.3, -0.25) is 0 Å². The van der Waals surface area contributed by atoms with Gasteiger partial charge in [-0.2, -0.15) is 0 Å². The van der Waals surface area contributed by atoms with Crippen LogP contribution in [0.4, 0.5) is 0 Å². The van der Waals surface area contributed by atoms with E-state index in [2.05, 4.69) is 0 Å². The van der Waals surface area contributed by atoms with Crippen LogP contribution in [0.1, 0.15) is 40.0 Å². The molecule has 0 fully saturated rings. The summed E-state index contributed by atoms with van der Waals surface area (Å²) in [5, 5.41) is 0. The molecule has 14 heavy (non-hydrogen) atoms. The van der Waals surface area contributed by atoms with Gasteiger partial charge in [-0.15, -0.1) is 0 Å². The van der Waals surface area contributed by atoms with Gasteiger partial charge in [0.15, 0.2) is 0 Å². The normalized spacial score (nSPS) is 12.0. The molecule has 0 amide bonds. The summed E-state index contributed by atoms with van der Waals surface area (Å²) in [4.78, 5) is 0. The van der Waals surface area contributed by atoms with E-state index in [0.29, 0.717) is 13.2 Å². The lowest BCUT2D eigenvalue weighted by Crippen LogP contribution is -2.21. The van der Waals surface area contributed by atoms with Crippen molar-refractivity contribution in [2.75, 3.05) is 26.4 Å². The Kier molecular flexibility index (Phi) is 8.14. The van der Waals surface area contributed by atoms with Gasteiger partial charge < -0.3 is 15.2 Å². The quantitative estimate of drug-likeness (QED) is 0.613. The molecule has 0 atom stereocenters. The van der Waals surface area contributed by atoms with Crippen LogP contribution >= 0.6 is 0 Å². The number of rotatable bonds is 8.